The predicted molar refractivity (Wildman–Crippen MR) is 88.0 cm³/mol. The number of hydrogen-bond donors (Lipinski definition) is 1. The van der Waals surface area contributed by atoms with E-state index in [1.807, 2.05) is 53.1 Å². The van der Waals surface area contributed by atoms with Gasteiger partial charge in [-0.3, -0.25) is 9.20 Å². The van der Waals surface area contributed by atoms with Crippen molar-refractivity contribution in [2.45, 2.75) is 6.54 Å². The number of hydrogen-bond acceptors (Lipinski definition) is 3. The molecule has 5 nitrogen and oxygen atoms in total. The van der Waals surface area contributed by atoms with Crippen molar-refractivity contribution in [3.8, 4) is 0 Å². The van der Waals surface area contributed by atoms with Crippen LogP contribution in [0.4, 0.5) is 0 Å². The quantitative estimate of drug-likeness (QED) is 0.731. The van der Waals surface area contributed by atoms with Crippen LogP contribution in [0, 0.1) is 0 Å². The Bertz CT molecular complexity index is 841. The van der Waals surface area contributed by atoms with Crippen LogP contribution in [-0.2, 0) is 11.3 Å². The van der Waals surface area contributed by atoms with Gasteiger partial charge < -0.3 is 5.32 Å². The minimum absolute atomic E-state index is 0.173. The van der Waals surface area contributed by atoms with E-state index in [2.05, 4.69) is 31.4 Å². The van der Waals surface area contributed by atoms with Gasteiger partial charge in [-0.1, -0.05) is 34.1 Å². The lowest BCUT2D eigenvalue weighted by Crippen LogP contribution is -2.21. The van der Waals surface area contributed by atoms with E-state index < -0.39 is 0 Å². The van der Waals surface area contributed by atoms with Crippen molar-refractivity contribution in [2.24, 2.45) is 0 Å². The Morgan fingerprint density at radius 3 is 3.00 bits per heavy atom. The van der Waals surface area contributed by atoms with Crippen LogP contribution in [0.2, 0.25) is 0 Å². The average Bonchev–Trinajstić information content (AvgIpc) is 2.94. The highest BCUT2D eigenvalue weighted by Gasteiger charge is 2.05. The summed E-state index contributed by atoms with van der Waals surface area (Å²) >= 11 is 3.40. The van der Waals surface area contributed by atoms with Gasteiger partial charge in [-0.2, -0.15) is 0 Å². The van der Waals surface area contributed by atoms with Gasteiger partial charge in [0.1, 0.15) is 0 Å². The fourth-order valence-electron chi connectivity index (χ4n) is 2.02. The number of benzene rings is 1. The molecular formula is C16H13BrN4O. The number of carbonyl (C=O) groups is 1. The average molecular weight is 357 g/mol. The molecular weight excluding hydrogens is 344 g/mol. The lowest BCUT2D eigenvalue weighted by molar-refractivity contribution is -0.116. The molecule has 0 spiro atoms. The Balaban J connectivity index is 1.63. The maximum absolute atomic E-state index is 11.9. The van der Waals surface area contributed by atoms with Gasteiger partial charge >= 0.3 is 0 Å². The Labute approximate surface area is 135 Å². The van der Waals surface area contributed by atoms with Gasteiger partial charge in [0.25, 0.3) is 0 Å². The number of aromatic nitrogens is 3. The Morgan fingerprint density at radius 1 is 1.23 bits per heavy atom. The minimum atomic E-state index is -0.173. The molecule has 0 saturated carbocycles. The standard InChI is InChI=1S/C16H13BrN4O/c17-13-5-3-4-12(10-13)7-8-16(22)18-11-15-20-19-14-6-1-2-9-21(14)15/h1-10H,11H2,(H,18,22). The number of pyridine rings is 1. The fourth-order valence-corrected chi connectivity index (χ4v) is 2.44. The van der Waals surface area contributed by atoms with Gasteiger partial charge in [-0.05, 0) is 35.9 Å². The molecule has 0 atom stereocenters. The van der Waals surface area contributed by atoms with E-state index in [9.17, 15) is 4.79 Å². The number of amides is 1. The highest BCUT2D eigenvalue weighted by Crippen LogP contribution is 2.12. The summed E-state index contributed by atoms with van der Waals surface area (Å²) in [5, 5.41) is 10.9. The molecule has 0 radical (unpaired) electrons. The number of fused-ring (bicyclic) bond motifs is 1. The molecule has 0 aliphatic rings. The van der Waals surface area contributed by atoms with Crippen LogP contribution in [0.3, 0.4) is 0 Å². The topological polar surface area (TPSA) is 59.3 Å². The molecule has 22 heavy (non-hydrogen) atoms. The third-order valence-corrected chi connectivity index (χ3v) is 3.57. The summed E-state index contributed by atoms with van der Waals surface area (Å²) in [5.74, 6) is 0.521. The summed E-state index contributed by atoms with van der Waals surface area (Å²) in [6, 6.07) is 13.4. The third kappa shape index (κ3) is 3.40. The number of carbonyl (C=O) groups excluding carboxylic acids is 1. The van der Waals surface area contributed by atoms with Crippen molar-refractivity contribution in [3.05, 3.63) is 70.6 Å². The van der Waals surface area contributed by atoms with Crippen LogP contribution in [0.5, 0.6) is 0 Å². The number of rotatable bonds is 4. The van der Waals surface area contributed by atoms with Crippen LogP contribution < -0.4 is 5.32 Å². The molecule has 0 saturated heterocycles. The second kappa shape index (κ2) is 6.53. The summed E-state index contributed by atoms with van der Waals surface area (Å²) in [7, 11) is 0. The molecule has 1 N–H and O–H groups in total. The summed E-state index contributed by atoms with van der Waals surface area (Å²) in [6.07, 6.45) is 5.14. The minimum Gasteiger partial charge on any atom is -0.345 e. The lowest BCUT2D eigenvalue weighted by Gasteiger charge is -2.01. The van der Waals surface area contributed by atoms with E-state index in [1.165, 1.54) is 6.08 Å². The molecule has 2 aromatic heterocycles. The van der Waals surface area contributed by atoms with E-state index in [1.54, 1.807) is 6.08 Å². The summed E-state index contributed by atoms with van der Waals surface area (Å²) in [6.45, 7) is 0.326. The highest BCUT2D eigenvalue weighted by atomic mass is 79.9. The first-order valence-electron chi connectivity index (χ1n) is 6.72. The normalized spacial score (nSPS) is 11.1. The van der Waals surface area contributed by atoms with Crippen LogP contribution in [0.25, 0.3) is 11.7 Å². The predicted octanol–water partition coefficient (Wildman–Crippen LogP) is 2.82. The fraction of sp³-hybridized carbons (Fsp3) is 0.0625. The zero-order chi connectivity index (χ0) is 15.4. The van der Waals surface area contributed by atoms with Crippen LogP contribution in [0.1, 0.15) is 11.4 Å². The van der Waals surface area contributed by atoms with Crippen molar-refractivity contribution < 1.29 is 4.79 Å². The molecule has 1 aromatic carbocycles. The largest absolute Gasteiger partial charge is 0.345 e. The SMILES string of the molecule is O=C(C=Cc1cccc(Br)c1)NCc1nnc2ccccn12. The molecule has 110 valence electrons. The van der Waals surface area contributed by atoms with E-state index in [4.69, 9.17) is 0 Å². The first-order valence-corrected chi connectivity index (χ1v) is 7.52. The van der Waals surface area contributed by atoms with Crippen molar-refractivity contribution >= 4 is 33.6 Å². The maximum Gasteiger partial charge on any atom is 0.244 e. The van der Waals surface area contributed by atoms with Crippen molar-refractivity contribution in [3.63, 3.8) is 0 Å². The number of halogens is 1. The van der Waals surface area contributed by atoms with Crippen LogP contribution in [0.15, 0.2) is 59.2 Å². The maximum atomic E-state index is 11.9. The van der Waals surface area contributed by atoms with Gasteiger partial charge in [0.2, 0.25) is 5.91 Å². The molecule has 3 aromatic rings. The second-order valence-corrected chi connectivity index (χ2v) is 5.57. The van der Waals surface area contributed by atoms with Gasteiger partial charge in [0, 0.05) is 16.7 Å². The van der Waals surface area contributed by atoms with E-state index in [0.717, 1.165) is 15.7 Å². The molecule has 0 fully saturated rings. The van der Waals surface area contributed by atoms with Gasteiger partial charge in [-0.25, -0.2) is 0 Å². The molecule has 0 unspecified atom stereocenters. The monoisotopic (exact) mass is 356 g/mol. The molecule has 0 aliphatic heterocycles. The molecule has 6 heteroatoms. The van der Waals surface area contributed by atoms with Gasteiger partial charge in [0.05, 0.1) is 6.54 Å². The molecule has 1 amide bonds. The Kier molecular flexibility index (Phi) is 4.29. The summed E-state index contributed by atoms with van der Waals surface area (Å²) < 4.78 is 2.82. The molecule has 3 rings (SSSR count). The van der Waals surface area contributed by atoms with E-state index in [0.29, 0.717) is 12.4 Å². The zero-order valence-corrected chi connectivity index (χ0v) is 13.2. The third-order valence-electron chi connectivity index (χ3n) is 3.08. The molecule has 2 heterocycles. The second-order valence-electron chi connectivity index (χ2n) is 4.65. The zero-order valence-electron chi connectivity index (χ0n) is 11.6. The lowest BCUT2D eigenvalue weighted by atomic mass is 10.2. The first-order chi connectivity index (χ1) is 10.7. The van der Waals surface area contributed by atoms with Crippen LogP contribution in [-0.4, -0.2) is 20.5 Å². The van der Waals surface area contributed by atoms with E-state index >= 15 is 0 Å². The van der Waals surface area contributed by atoms with E-state index in [-0.39, 0.29) is 5.91 Å². The van der Waals surface area contributed by atoms with Gasteiger partial charge in [-0.15, -0.1) is 10.2 Å². The highest BCUT2D eigenvalue weighted by molar-refractivity contribution is 9.10. The Hall–Kier alpha value is -2.47. The molecule has 0 bridgehead atoms. The number of nitrogens with zero attached hydrogens (tertiary/aromatic N) is 3. The van der Waals surface area contributed by atoms with Crippen molar-refractivity contribution in [2.75, 3.05) is 0 Å². The van der Waals surface area contributed by atoms with Crippen molar-refractivity contribution in [1.82, 2.24) is 19.9 Å². The van der Waals surface area contributed by atoms with Gasteiger partial charge in [0.15, 0.2) is 11.5 Å². The molecule has 0 aliphatic carbocycles. The summed E-state index contributed by atoms with van der Waals surface area (Å²) in [4.78, 5) is 11.9. The number of nitrogens with one attached hydrogen (secondary N) is 1. The first kappa shape index (κ1) is 14.5. The smallest absolute Gasteiger partial charge is 0.244 e. The summed E-state index contributed by atoms with van der Waals surface area (Å²) in [5.41, 5.74) is 1.72. The van der Waals surface area contributed by atoms with Crippen molar-refractivity contribution in [1.29, 1.82) is 0 Å². The Morgan fingerprint density at radius 2 is 2.14 bits per heavy atom. The van der Waals surface area contributed by atoms with Crippen LogP contribution >= 0.6 is 15.9 Å².